The largest absolute Gasteiger partial charge is 0.393 e. The molecule has 1 heterocycles. The maximum Gasteiger partial charge on any atom is 0.0727 e. The Kier molecular flexibility index (Phi) is 3.13. The van der Waals surface area contributed by atoms with E-state index in [9.17, 15) is 5.11 Å². The van der Waals surface area contributed by atoms with E-state index in [0.29, 0.717) is 16.9 Å². The van der Waals surface area contributed by atoms with Crippen molar-refractivity contribution in [1.82, 2.24) is 4.90 Å². The van der Waals surface area contributed by atoms with Crippen LogP contribution in [0.25, 0.3) is 0 Å². The normalized spacial score (nSPS) is 43.5. The summed E-state index contributed by atoms with van der Waals surface area (Å²) in [6.45, 7) is 2.33. The molecule has 3 rings (SSSR count). The highest BCUT2D eigenvalue weighted by atomic mass is 32.1. The lowest BCUT2D eigenvalue weighted by Gasteiger charge is -2.28. The molecule has 3 nitrogen and oxygen atoms in total. The van der Waals surface area contributed by atoms with E-state index in [4.69, 9.17) is 18.0 Å². The third-order valence-corrected chi connectivity index (χ3v) is 5.27. The number of fused-ring (bicyclic) bond motifs is 1. The highest BCUT2D eigenvalue weighted by Gasteiger charge is 2.58. The van der Waals surface area contributed by atoms with E-state index in [1.54, 1.807) is 0 Å². The van der Waals surface area contributed by atoms with E-state index >= 15 is 0 Å². The fourth-order valence-corrected chi connectivity index (χ4v) is 4.55. The molecule has 1 saturated heterocycles. The maximum atomic E-state index is 10.2. The molecular formula is C13H22N2OS. The van der Waals surface area contributed by atoms with Crippen LogP contribution >= 0.6 is 12.2 Å². The lowest BCUT2D eigenvalue weighted by atomic mass is 9.88. The third-order valence-electron chi connectivity index (χ3n) is 5.07. The van der Waals surface area contributed by atoms with Gasteiger partial charge in [0.15, 0.2) is 0 Å². The summed E-state index contributed by atoms with van der Waals surface area (Å²) in [5.74, 6) is 2.28. The second kappa shape index (κ2) is 4.48. The SMILES string of the molecule is NC(=S)CCCCN1CC2CC3CC2C1C3O. The number of aliphatic hydroxyl groups is 1. The van der Waals surface area contributed by atoms with Gasteiger partial charge >= 0.3 is 0 Å². The molecule has 17 heavy (non-hydrogen) atoms. The van der Waals surface area contributed by atoms with Crippen LogP contribution in [-0.4, -0.2) is 40.2 Å². The number of nitrogens with zero attached hydrogens (tertiary/aromatic N) is 1. The predicted octanol–water partition coefficient (Wildman–Crippen LogP) is 1.14. The fraction of sp³-hybridized carbons (Fsp3) is 0.923. The Morgan fingerprint density at radius 3 is 2.82 bits per heavy atom. The summed E-state index contributed by atoms with van der Waals surface area (Å²) in [6.07, 6.45) is 5.62. The summed E-state index contributed by atoms with van der Waals surface area (Å²) in [6, 6.07) is 0.476. The molecule has 2 bridgehead atoms. The molecule has 0 amide bonds. The molecule has 3 fully saturated rings. The molecule has 3 aliphatic rings. The van der Waals surface area contributed by atoms with E-state index in [0.717, 1.165) is 37.6 Å². The van der Waals surface area contributed by atoms with Gasteiger partial charge in [-0.2, -0.15) is 0 Å². The minimum atomic E-state index is -0.0469. The van der Waals surface area contributed by atoms with Crippen molar-refractivity contribution < 1.29 is 5.11 Å². The average Bonchev–Trinajstić information content (AvgIpc) is 2.85. The second-order valence-electron chi connectivity index (χ2n) is 6.05. The first-order valence-electron chi connectivity index (χ1n) is 6.87. The second-order valence-corrected chi connectivity index (χ2v) is 6.58. The number of nitrogens with two attached hydrogens (primary N) is 1. The van der Waals surface area contributed by atoms with Gasteiger partial charge in [-0.1, -0.05) is 12.2 Å². The number of hydrogen-bond acceptors (Lipinski definition) is 3. The van der Waals surface area contributed by atoms with Crippen molar-refractivity contribution in [1.29, 1.82) is 0 Å². The molecule has 5 unspecified atom stereocenters. The highest BCUT2D eigenvalue weighted by molar-refractivity contribution is 7.80. The predicted molar refractivity (Wildman–Crippen MR) is 71.7 cm³/mol. The van der Waals surface area contributed by atoms with Crippen LogP contribution in [0, 0.1) is 17.8 Å². The molecule has 3 N–H and O–H groups in total. The summed E-state index contributed by atoms with van der Waals surface area (Å²) in [7, 11) is 0. The molecule has 2 saturated carbocycles. The summed E-state index contributed by atoms with van der Waals surface area (Å²) >= 11 is 4.89. The Labute approximate surface area is 108 Å². The van der Waals surface area contributed by atoms with Crippen molar-refractivity contribution in [3.63, 3.8) is 0 Å². The molecule has 2 aliphatic carbocycles. The van der Waals surface area contributed by atoms with Gasteiger partial charge in [0.1, 0.15) is 0 Å². The van der Waals surface area contributed by atoms with Crippen LogP contribution < -0.4 is 5.73 Å². The summed E-state index contributed by atoms with van der Waals surface area (Å²) in [5.41, 5.74) is 5.50. The minimum Gasteiger partial charge on any atom is -0.393 e. The first-order valence-corrected chi connectivity index (χ1v) is 7.28. The Balaban J connectivity index is 1.51. The molecule has 0 aromatic rings. The number of aliphatic hydroxyl groups excluding tert-OH is 1. The molecule has 1 aliphatic heterocycles. The van der Waals surface area contributed by atoms with E-state index in [-0.39, 0.29) is 6.10 Å². The maximum absolute atomic E-state index is 10.2. The van der Waals surface area contributed by atoms with Gasteiger partial charge in [-0.15, -0.1) is 0 Å². The third kappa shape index (κ3) is 2.00. The van der Waals surface area contributed by atoms with Gasteiger partial charge in [0.05, 0.1) is 11.1 Å². The van der Waals surface area contributed by atoms with Crippen molar-refractivity contribution in [2.24, 2.45) is 23.5 Å². The zero-order chi connectivity index (χ0) is 12.0. The number of rotatable bonds is 5. The topological polar surface area (TPSA) is 49.5 Å². The van der Waals surface area contributed by atoms with Crippen molar-refractivity contribution in [3.05, 3.63) is 0 Å². The van der Waals surface area contributed by atoms with Crippen LogP contribution in [0.3, 0.4) is 0 Å². The number of unbranched alkanes of at least 4 members (excludes halogenated alkanes) is 1. The summed E-state index contributed by atoms with van der Waals surface area (Å²) in [4.78, 5) is 3.17. The zero-order valence-corrected chi connectivity index (χ0v) is 11.0. The van der Waals surface area contributed by atoms with Crippen molar-refractivity contribution in [2.45, 2.75) is 44.2 Å². The van der Waals surface area contributed by atoms with Crippen molar-refractivity contribution >= 4 is 17.2 Å². The van der Waals surface area contributed by atoms with Crippen LogP contribution in [0.1, 0.15) is 32.1 Å². The monoisotopic (exact) mass is 254 g/mol. The van der Waals surface area contributed by atoms with Gasteiger partial charge in [-0.25, -0.2) is 0 Å². The molecule has 4 heteroatoms. The van der Waals surface area contributed by atoms with Crippen LogP contribution in [0.2, 0.25) is 0 Å². The zero-order valence-electron chi connectivity index (χ0n) is 10.2. The smallest absolute Gasteiger partial charge is 0.0727 e. The first-order chi connectivity index (χ1) is 8.16. The van der Waals surface area contributed by atoms with Gasteiger partial charge in [0.2, 0.25) is 0 Å². The molecule has 0 radical (unpaired) electrons. The van der Waals surface area contributed by atoms with Gasteiger partial charge in [-0.05, 0) is 56.4 Å². The van der Waals surface area contributed by atoms with E-state index in [1.165, 1.54) is 19.4 Å². The molecule has 5 atom stereocenters. The van der Waals surface area contributed by atoms with Crippen molar-refractivity contribution in [3.8, 4) is 0 Å². The summed E-state index contributed by atoms with van der Waals surface area (Å²) in [5, 5.41) is 10.2. The van der Waals surface area contributed by atoms with E-state index in [2.05, 4.69) is 4.90 Å². The van der Waals surface area contributed by atoms with Crippen LogP contribution in [0.4, 0.5) is 0 Å². The molecule has 0 spiro atoms. The number of thiocarbonyl (C=S) groups is 1. The number of likely N-dealkylation sites (tertiary alicyclic amines) is 1. The van der Waals surface area contributed by atoms with Gasteiger partial charge in [0, 0.05) is 12.6 Å². The standard InChI is InChI=1S/C13H22N2OS/c14-11(17)3-1-2-4-15-7-9-5-8-6-10(9)12(15)13(8)16/h8-10,12-13,16H,1-7H2,(H2,14,17). The Bertz CT molecular complexity index is 321. The molecule has 96 valence electrons. The van der Waals surface area contributed by atoms with Crippen molar-refractivity contribution in [2.75, 3.05) is 13.1 Å². The Morgan fingerprint density at radius 1 is 1.29 bits per heavy atom. The Morgan fingerprint density at radius 2 is 2.12 bits per heavy atom. The summed E-state index contributed by atoms with van der Waals surface area (Å²) < 4.78 is 0. The van der Waals surface area contributed by atoms with Crippen LogP contribution in [0.15, 0.2) is 0 Å². The van der Waals surface area contributed by atoms with Crippen LogP contribution in [-0.2, 0) is 0 Å². The average molecular weight is 254 g/mol. The molecular weight excluding hydrogens is 232 g/mol. The minimum absolute atomic E-state index is 0.0469. The van der Waals surface area contributed by atoms with Gasteiger partial charge < -0.3 is 10.8 Å². The number of hydrogen-bond donors (Lipinski definition) is 2. The Hall–Kier alpha value is -0.190. The lowest BCUT2D eigenvalue weighted by molar-refractivity contribution is 0.0506. The first kappa shape index (κ1) is 11.9. The van der Waals surface area contributed by atoms with E-state index < -0.39 is 0 Å². The van der Waals surface area contributed by atoms with E-state index in [1.807, 2.05) is 0 Å². The van der Waals surface area contributed by atoms with Crippen LogP contribution in [0.5, 0.6) is 0 Å². The fourth-order valence-electron chi connectivity index (χ4n) is 4.41. The van der Waals surface area contributed by atoms with Gasteiger partial charge in [0.25, 0.3) is 0 Å². The lowest BCUT2D eigenvalue weighted by Crippen LogP contribution is -2.41. The quantitative estimate of drug-likeness (QED) is 0.571. The highest BCUT2D eigenvalue weighted by Crippen LogP contribution is 2.54. The van der Waals surface area contributed by atoms with Gasteiger partial charge in [-0.3, -0.25) is 4.90 Å². The molecule has 0 aromatic heterocycles. The molecule has 0 aromatic carbocycles.